The predicted molar refractivity (Wildman–Crippen MR) is 78.5 cm³/mol. The first-order valence-corrected chi connectivity index (χ1v) is 6.59. The van der Waals surface area contributed by atoms with E-state index in [2.05, 4.69) is 0 Å². The Labute approximate surface area is 126 Å². The lowest BCUT2D eigenvalue weighted by Crippen LogP contribution is -2.06. The number of rotatable bonds is 5. The molecule has 2 aromatic carbocycles. The third-order valence-corrected chi connectivity index (χ3v) is 3.26. The van der Waals surface area contributed by atoms with Crippen LogP contribution in [0.15, 0.2) is 48.5 Å². The van der Waals surface area contributed by atoms with Gasteiger partial charge < -0.3 is 10.2 Å². The summed E-state index contributed by atoms with van der Waals surface area (Å²) in [6.45, 7) is -0.269. The second-order valence-corrected chi connectivity index (χ2v) is 4.68. The highest BCUT2D eigenvalue weighted by Gasteiger charge is 2.16. The van der Waals surface area contributed by atoms with E-state index in [0.717, 1.165) is 11.6 Å². The Morgan fingerprint density at radius 2 is 1.82 bits per heavy atom. The Hall–Kier alpha value is -2.53. The molecule has 2 aromatic rings. The van der Waals surface area contributed by atoms with Gasteiger partial charge in [0.1, 0.15) is 11.6 Å². The van der Waals surface area contributed by atoms with Gasteiger partial charge in [-0.2, -0.15) is 0 Å². The van der Waals surface area contributed by atoms with Gasteiger partial charge >= 0.3 is 5.97 Å². The maximum Gasteiger partial charge on any atom is 0.336 e. The summed E-state index contributed by atoms with van der Waals surface area (Å²) in [7, 11) is 0. The van der Waals surface area contributed by atoms with E-state index in [1.165, 1.54) is 6.08 Å². The average Bonchev–Trinajstić information content (AvgIpc) is 2.50. The Bertz CT molecular complexity index is 709. The van der Waals surface area contributed by atoms with Crippen molar-refractivity contribution in [2.24, 2.45) is 0 Å². The summed E-state index contributed by atoms with van der Waals surface area (Å²) in [5.41, 5.74) is 0.764. The van der Waals surface area contributed by atoms with E-state index in [1.54, 1.807) is 24.3 Å². The molecule has 0 saturated heterocycles. The third kappa shape index (κ3) is 3.56. The molecule has 0 aliphatic carbocycles. The van der Waals surface area contributed by atoms with Crippen molar-refractivity contribution < 1.29 is 23.8 Å². The lowest BCUT2D eigenvalue weighted by molar-refractivity contribution is 0.0694. The lowest BCUT2D eigenvalue weighted by Gasteiger charge is -2.08. The maximum atomic E-state index is 13.8. The minimum Gasteiger partial charge on any atom is -0.478 e. The molecule has 0 unspecified atom stereocenters. The summed E-state index contributed by atoms with van der Waals surface area (Å²) in [5, 5.41) is 18.5. The van der Waals surface area contributed by atoms with Gasteiger partial charge in [0.25, 0.3) is 0 Å². The standard InChI is InChI=1S/C17H14F2O3/c18-13-8-15(17(21)22)14(16(19)9-13)7-6-12(10-20)11-4-2-1-3-5-11/h1-6,8-9,20H,7,10H2,(H,21,22). The number of aromatic carboxylic acids is 1. The Morgan fingerprint density at radius 1 is 1.14 bits per heavy atom. The molecule has 0 fully saturated rings. The van der Waals surface area contributed by atoms with Crippen molar-refractivity contribution in [2.75, 3.05) is 6.61 Å². The second-order valence-electron chi connectivity index (χ2n) is 4.68. The topological polar surface area (TPSA) is 57.5 Å². The molecule has 114 valence electrons. The van der Waals surface area contributed by atoms with Crippen LogP contribution in [0, 0.1) is 11.6 Å². The van der Waals surface area contributed by atoms with Gasteiger partial charge in [-0.05, 0) is 23.6 Å². The maximum absolute atomic E-state index is 13.8. The lowest BCUT2D eigenvalue weighted by atomic mass is 9.99. The fourth-order valence-electron chi connectivity index (χ4n) is 2.15. The van der Waals surface area contributed by atoms with Crippen LogP contribution in [-0.2, 0) is 6.42 Å². The second kappa shape index (κ2) is 6.95. The first-order valence-electron chi connectivity index (χ1n) is 6.59. The van der Waals surface area contributed by atoms with Gasteiger partial charge in [0.15, 0.2) is 0 Å². The van der Waals surface area contributed by atoms with Gasteiger partial charge in [-0.3, -0.25) is 0 Å². The van der Waals surface area contributed by atoms with Crippen molar-refractivity contribution in [3.63, 3.8) is 0 Å². The molecule has 5 heteroatoms. The number of aliphatic hydroxyl groups excluding tert-OH is 1. The first kappa shape index (κ1) is 15.9. The fourth-order valence-corrected chi connectivity index (χ4v) is 2.15. The van der Waals surface area contributed by atoms with E-state index < -0.39 is 23.2 Å². The van der Waals surface area contributed by atoms with Gasteiger partial charge in [-0.25, -0.2) is 13.6 Å². The third-order valence-electron chi connectivity index (χ3n) is 3.26. The molecule has 0 aliphatic rings. The molecule has 0 heterocycles. The van der Waals surface area contributed by atoms with Crippen LogP contribution in [0.5, 0.6) is 0 Å². The average molecular weight is 304 g/mol. The van der Waals surface area contributed by atoms with Gasteiger partial charge in [-0.15, -0.1) is 0 Å². The molecular formula is C17H14F2O3. The zero-order chi connectivity index (χ0) is 16.1. The Balaban J connectivity index is 2.38. The SMILES string of the molecule is O=C(O)c1cc(F)cc(F)c1CC=C(CO)c1ccccc1. The van der Waals surface area contributed by atoms with Crippen LogP contribution in [0.1, 0.15) is 21.5 Å². The molecule has 22 heavy (non-hydrogen) atoms. The van der Waals surface area contributed by atoms with Crippen LogP contribution < -0.4 is 0 Å². The van der Waals surface area contributed by atoms with Crippen LogP contribution in [0.2, 0.25) is 0 Å². The number of hydrogen-bond acceptors (Lipinski definition) is 2. The van der Waals surface area contributed by atoms with Crippen molar-refractivity contribution in [3.8, 4) is 0 Å². The van der Waals surface area contributed by atoms with Crippen molar-refractivity contribution in [2.45, 2.75) is 6.42 Å². The molecule has 0 aromatic heterocycles. The normalized spacial score (nSPS) is 11.5. The number of carboxylic acid groups (broad SMARTS) is 1. The number of aliphatic hydroxyl groups is 1. The first-order chi connectivity index (χ1) is 10.5. The minimum atomic E-state index is -1.40. The number of allylic oxidation sites excluding steroid dienone is 1. The highest BCUT2D eigenvalue weighted by Crippen LogP contribution is 2.20. The highest BCUT2D eigenvalue weighted by molar-refractivity contribution is 5.89. The van der Waals surface area contributed by atoms with Crippen molar-refractivity contribution in [3.05, 3.63) is 76.9 Å². The van der Waals surface area contributed by atoms with E-state index in [4.69, 9.17) is 5.11 Å². The summed E-state index contributed by atoms with van der Waals surface area (Å²) in [5.74, 6) is -3.25. The fraction of sp³-hybridized carbons (Fsp3) is 0.118. The van der Waals surface area contributed by atoms with E-state index in [9.17, 15) is 18.7 Å². The monoisotopic (exact) mass is 304 g/mol. The minimum absolute atomic E-state index is 0.0570. The molecule has 0 aliphatic heterocycles. The van der Waals surface area contributed by atoms with E-state index >= 15 is 0 Å². The molecule has 0 saturated carbocycles. The Morgan fingerprint density at radius 3 is 2.41 bits per heavy atom. The van der Waals surface area contributed by atoms with Gasteiger partial charge in [-0.1, -0.05) is 36.4 Å². The van der Waals surface area contributed by atoms with Crippen molar-refractivity contribution in [1.29, 1.82) is 0 Å². The summed E-state index contributed by atoms with van der Waals surface area (Å²) < 4.78 is 27.0. The van der Waals surface area contributed by atoms with Crippen LogP contribution >= 0.6 is 0 Å². The highest BCUT2D eigenvalue weighted by atomic mass is 19.1. The Kier molecular flexibility index (Phi) is 5.01. The molecule has 3 nitrogen and oxygen atoms in total. The largest absolute Gasteiger partial charge is 0.478 e. The number of carbonyl (C=O) groups is 1. The molecule has 0 atom stereocenters. The molecule has 0 spiro atoms. The smallest absolute Gasteiger partial charge is 0.336 e. The van der Waals surface area contributed by atoms with Crippen molar-refractivity contribution in [1.82, 2.24) is 0 Å². The van der Waals surface area contributed by atoms with Crippen LogP contribution in [0.3, 0.4) is 0 Å². The summed E-state index contributed by atoms with van der Waals surface area (Å²) >= 11 is 0. The van der Waals surface area contributed by atoms with Crippen LogP contribution in [0.4, 0.5) is 8.78 Å². The van der Waals surface area contributed by atoms with E-state index in [-0.39, 0.29) is 18.6 Å². The summed E-state index contributed by atoms with van der Waals surface area (Å²) in [6, 6.07) is 10.4. The van der Waals surface area contributed by atoms with Crippen LogP contribution in [0.25, 0.3) is 5.57 Å². The van der Waals surface area contributed by atoms with Gasteiger partial charge in [0.05, 0.1) is 12.2 Å². The number of benzene rings is 2. The molecule has 0 amide bonds. The quantitative estimate of drug-likeness (QED) is 0.891. The van der Waals surface area contributed by atoms with Crippen LogP contribution in [-0.4, -0.2) is 22.8 Å². The number of halogens is 2. The zero-order valence-corrected chi connectivity index (χ0v) is 11.6. The zero-order valence-electron chi connectivity index (χ0n) is 11.6. The van der Waals surface area contributed by atoms with E-state index in [1.807, 2.05) is 6.07 Å². The van der Waals surface area contributed by atoms with Crippen molar-refractivity contribution >= 4 is 11.5 Å². The molecule has 2 rings (SSSR count). The van der Waals surface area contributed by atoms with Gasteiger partial charge in [0.2, 0.25) is 0 Å². The van der Waals surface area contributed by atoms with E-state index in [0.29, 0.717) is 11.6 Å². The summed E-state index contributed by atoms with van der Waals surface area (Å²) in [6.07, 6.45) is 1.48. The molecular weight excluding hydrogens is 290 g/mol. The molecule has 2 N–H and O–H groups in total. The molecule has 0 radical (unpaired) electrons. The molecule has 0 bridgehead atoms. The summed E-state index contributed by atoms with van der Waals surface area (Å²) in [4.78, 5) is 11.1. The number of hydrogen-bond donors (Lipinski definition) is 2. The number of carboxylic acids is 1. The predicted octanol–water partition coefficient (Wildman–Crippen LogP) is 3.28. The van der Waals surface area contributed by atoms with Gasteiger partial charge in [0, 0.05) is 11.6 Å².